The third kappa shape index (κ3) is 2.20. The lowest BCUT2D eigenvalue weighted by molar-refractivity contribution is 0.574. The Hall–Kier alpha value is -1.35. The summed E-state index contributed by atoms with van der Waals surface area (Å²) in [6.07, 6.45) is 5.60. The number of hydrogen-bond acceptors (Lipinski definition) is 3. The van der Waals surface area contributed by atoms with Crippen molar-refractivity contribution in [2.24, 2.45) is 0 Å². The number of aromatic nitrogens is 2. The molecule has 2 aromatic rings. The SMILES string of the molecule is Clc1cc2ccc(N3CCCCC3)nc2cn1. The van der Waals surface area contributed by atoms with E-state index in [-0.39, 0.29) is 0 Å². The average Bonchev–Trinajstić information content (AvgIpc) is 2.39. The minimum atomic E-state index is 0.519. The fraction of sp³-hybridized carbons (Fsp3) is 0.385. The van der Waals surface area contributed by atoms with Gasteiger partial charge in [0.05, 0.1) is 11.7 Å². The normalized spacial score (nSPS) is 16.4. The predicted molar refractivity (Wildman–Crippen MR) is 70.6 cm³/mol. The molecule has 2 aromatic heterocycles. The Morgan fingerprint density at radius 3 is 2.76 bits per heavy atom. The molecule has 3 heterocycles. The molecule has 4 heteroatoms. The quantitative estimate of drug-likeness (QED) is 0.725. The highest BCUT2D eigenvalue weighted by Gasteiger charge is 2.12. The lowest BCUT2D eigenvalue weighted by atomic mass is 10.1. The second-order valence-corrected chi connectivity index (χ2v) is 4.80. The molecule has 0 bridgehead atoms. The van der Waals surface area contributed by atoms with E-state index in [2.05, 4.69) is 27.0 Å². The monoisotopic (exact) mass is 247 g/mol. The van der Waals surface area contributed by atoms with Crippen LogP contribution in [0.5, 0.6) is 0 Å². The third-order valence-electron chi connectivity index (χ3n) is 3.21. The average molecular weight is 248 g/mol. The summed E-state index contributed by atoms with van der Waals surface area (Å²) >= 11 is 5.86. The van der Waals surface area contributed by atoms with Gasteiger partial charge in [-0.1, -0.05) is 11.6 Å². The molecule has 0 atom stereocenters. The molecule has 0 radical (unpaired) electrons. The number of anilines is 1. The fourth-order valence-electron chi connectivity index (χ4n) is 2.29. The van der Waals surface area contributed by atoms with Crippen molar-refractivity contribution in [2.45, 2.75) is 19.3 Å². The number of piperidine rings is 1. The van der Waals surface area contributed by atoms with Crippen molar-refractivity contribution < 1.29 is 0 Å². The van der Waals surface area contributed by atoms with E-state index < -0.39 is 0 Å². The lowest BCUT2D eigenvalue weighted by Gasteiger charge is -2.27. The van der Waals surface area contributed by atoms with Crippen molar-refractivity contribution in [3.63, 3.8) is 0 Å². The van der Waals surface area contributed by atoms with Gasteiger partial charge in [0.25, 0.3) is 0 Å². The zero-order valence-electron chi connectivity index (χ0n) is 9.56. The number of fused-ring (bicyclic) bond motifs is 1. The number of rotatable bonds is 1. The first-order valence-corrected chi connectivity index (χ1v) is 6.38. The predicted octanol–water partition coefficient (Wildman–Crippen LogP) is 3.27. The highest BCUT2D eigenvalue weighted by molar-refractivity contribution is 6.30. The van der Waals surface area contributed by atoms with Crippen LogP contribution in [-0.4, -0.2) is 23.1 Å². The number of hydrogen-bond donors (Lipinski definition) is 0. The first kappa shape index (κ1) is 10.8. The van der Waals surface area contributed by atoms with Crippen molar-refractivity contribution in [3.8, 4) is 0 Å². The number of halogens is 1. The molecule has 3 rings (SSSR count). The van der Waals surface area contributed by atoms with Gasteiger partial charge in [-0.15, -0.1) is 0 Å². The largest absolute Gasteiger partial charge is 0.357 e. The molecule has 0 N–H and O–H groups in total. The summed E-state index contributed by atoms with van der Waals surface area (Å²) in [4.78, 5) is 11.1. The van der Waals surface area contributed by atoms with Crippen LogP contribution in [0.2, 0.25) is 5.15 Å². The van der Waals surface area contributed by atoms with E-state index in [1.165, 1.54) is 19.3 Å². The van der Waals surface area contributed by atoms with Gasteiger partial charge in [0, 0.05) is 18.5 Å². The van der Waals surface area contributed by atoms with Gasteiger partial charge in [-0.2, -0.15) is 0 Å². The summed E-state index contributed by atoms with van der Waals surface area (Å²) in [5, 5.41) is 1.57. The van der Waals surface area contributed by atoms with E-state index >= 15 is 0 Å². The Bertz CT molecular complexity index is 535. The van der Waals surface area contributed by atoms with Crippen molar-refractivity contribution in [2.75, 3.05) is 18.0 Å². The Balaban J connectivity index is 1.98. The molecule has 3 nitrogen and oxygen atoms in total. The first-order chi connectivity index (χ1) is 8.33. The third-order valence-corrected chi connectivity index (χ3v) is 3.41. The summed E-state index contributed by atoms with van der Waals surface area (Å²) in [7, 11) is 0. The van der Waals surface area contributed by atoms with Gasteiger partial charge in [0.15, 0.2) is 0 Å². The molecule has 1 aliphatic heterocycles. The van der Waals surface area contributed by atoms with E-state index in [0.29, 0.717) is 5.15 Å². The van der Waals surface area contributed by atoms with Crippen LogP contribution in [-0.2, 0) is 0 Å². The van der Waals surface area contributed by atoms with Crippen LogP contribution in [0.25, 0.3) is 10.9 Å². The lowest BCUT2D eigenvalue weighted by Crippen LogP contribution is -2.30. The maximum atomic E-state index is 5.86. The topological polar surface area (TPSA) is 29.0 Å². The molecule has 0 spiro atoms. The van der Waals surface area contributed by atoms with E-state index in [4.69, 9.17) is 11.6 Å². The molecular weight excluding hydrogens is 234 g/mol. The van der Waals surface area contributed by atoms with Gasteiger partial charge < -0.3 is 4.90 Å². The first-order valence-electron chi connectivity index (χ1n) is 6.00. The van der Waals surface area contributed by atoms with Gasteiger partial charge in [-0.25, -0.2) is 9.97 Å². The smallest absolute Gasteiger partial charge is 0.129 e. The van der Waals surface area contributed by atoms with E-state index in [9.17, 15) is 0 Å². The van der Waals surface area contributed by atoms with Gasteiger partial charge in [-0.3, -0.25) is 0 Å². The highest BCUT2D eigenvalue weighted by atomic mass is 35.5. The van der Waals surface area contributed by atoms with Crippen molar-refractivity contribution in [3.05, 3.63) is 29.5 Å². The zero-order valence-corrected chi connectivity index (χ0v) is 10.3. The van der Waals surface area contributed by atoms with Crippen LogP contribution < -0.4 is 4.90 Å². The second-order valence-electron chi connectivity index (χ2n) is 4.42. The van der Waals surface area contributed by atoms with Crippen LogP contribution in [0.15, 0.2) is 24.4 Å². The maximum absolute atomic E-state index is 5.86. The van der Waals surface area contributed by atoms with E-state index in [1.54, 1.807) is 6.20 Å². The van der Waals surface area contributed by atoms with Gasteiger partial charge >= 0.3 is 0 Å². The van der Waals surface area contributed by atoms with Crippen LogP contribution in [0.4, 0.5) is 5.82 Å². The maximum Gasteiger partial charge on any atom is 0.129 e. The van der Waals surface area contributed by atoms with Gasteiger partial charge in [0.2, 0.25) is 0 Å². The van der Waals surface area contributed by atoms with Crippen LogP contribution in [0.1, 0.15) is 19.3 Å². The Morgan fingerprint density at radius 1 is 1.12 bits per heavy atom. The fourth-order valence-corrected chi connectivity index (χ4v) is 2.45. The summed E-state index contributed by atoms with van der Waals surface area (Å²) < 4.78 is 0. The second kappa shape index (κ2) is 4.49. The summed E-state index contributed by atoms with van der Waals surface area (Å²) in [6, 6.07) is 5.99. The summed E-state index contributed by atoms with van der Waals surface area (Å²) in [5.74, 6) is 1.06. The minimum Gasteiger partial charge on any atom is -0.357 e. The van der Waals surface area contributed by atoms with E-state index in [0.717, 1.165) is 29.8 Å². The highest BCUT2D eigenvalue weighted by Crippen LogP contribution is 2.22. The molecule has 1 saturated heterocycles. The number of pyridine rings is 2. The molecule has 0 amide bonds. The zero-order chi connectivity index (χ0) is 11.7. The molecule has 17 heavy (non-hydrogen) atoms. The Morgan fingerprint density at radius 2 is 1.94 bits per heavy atom. The van der Waals surface area contributed by atoms with Crippen LogP contribution in [0, 0.1) is 0 Å². The molecule has 0 unspecified atom stereocenters. The van der Waals surface area contributed by atoms with Crippen molar-refractivity contribution >= 4 is 28.3 Å². The Labute approximate surface area is 105 Å². The minimum absolute atomic E-state index is 0.519. The number of nitrogens with zero attached hydrogens (tertiary/aromatic N) is 3. The standard InChI is InChI=1S/C13H14ClN3/c14-12-8-10-4-5-13(16-11(10)9-15-12)17-6-2-1-3-7-17/h4-5,8-9H,1-3,6-7H2. The molecule has 1 fully saturated rings. The Kier molecular flexibility index (Phi) is 2.85. The summed E-state index contributed by atoms with van der Waals surface area (Å²) in [6.45, 7) is 2.22. The molecular formula is C13H14ClN3. The molecule has 0 saturated carbocycles. The van der Waals surface area contributed by atoms with Gasteiger partial charge in [-0.05, 0) is 37.5 Å². The van der Waals surface area contributed by atoms with Crippen LogP contribution in [0.3, 0.4) is 0 Å². The van der Waals surface area contributed by atoms with Crippen molar-refractivity contribution in [1.29, 1.82) is 0 Å². The molecule has 0 aromatic carbocycles. The molecule has 0 aliphatic carbocycles. The van der Waals surface area contributed by atoms with Gasteiger partial charge in [0.1, 0.15) is 11.0 Å². The van der Waals surface area contributed by atoms with Crippen molar-refractivity contribution in [1.82, 2.24) is 9.97 Å². The summed E-state index contributed by atoms with van der Waals surface area (Å²) in [5.41, 5.74) is 0.914. The van der Waals surface area contributed by atoms with E-state index in [1.807, 2.05) is 6.07 Å². The molecule has 88 valence electrons. The van der Waals surface area contributed by atoms with Crippen LogP contribution >= 0.6 is 11.6 Å². The molecule has 1 aliphatic rings.